The maximum absolute atomic E-state index is 12.8. The minimum Gasteiger partial charge on any atom is -0.333 e. The van der Waals surface area contributed by atoms with Crippen molar-refractivity contribution in [3.8, 4) is 5.69 Å². The third-order valence-electron chi connectivity index (χ3n) is 3.14. The zero-order valence-electron chi connectivity index (χ0n) is 10.0. The Morgan fingerprint density at radius 1 is 1.37 bits per heavy atom. The van der Waals surface area contributed by atoms with Crippen LogP contribution in [0, 0.1) is 0 Å². The number of halogens is 1. The van der Waals surface area contributed by atoms with Crippen molar-refractivity contribution in [1.82, 2.24) is 14.5 Å². The standard InChI is InChI=1S/C13H12FN3O2/c14-10-7-16(8-10)12(18)9-2-1-3-11(6-9)17-5-4-15-13(17)19/h1-6,10H,7-8H2,(H,15,19). The molecule has 1 amide bonds. The number of likely N-dealkylation sites (tertiary alicyclic amines) is 1. The monoisotopic (exact) mass is 261 g/mol. The number of hydrogen-bond acceptors (Lipinski definition) is 2. The lowest BCUT2D eigenvalue weighted by Gasteiger charge is -2.34. The molecule has 0 aliphatic carbocycles. The number of amides is 1. The van der Waals surface area contributed by atoms with Crippen molar-refractivity contribution in [1.29, 1.82) is 0 Å². The van der Waals surface area contributed by atoms with E-state index in [1.165, 1.54) is 15.7 Å². The van der Waals surface area contributed by atoms with Gasteiger partial charge in [-0.1, -0.05) is 6.07 Å². The zero-order valence-corrected chi connectivity index (χ0v) is 10.0. The smallest absolute Gasteiger partial charge is 0.330 e. The van der Waals surface area contributed by atoms with Crippen molar-refractivity contribution in [3.05, 3.63) is 52.7 Å². The van der Waals surface area contributed by atoms with Crippen molar-refractivity contribution in [2.24, 2.45) is 0 Å². The van der Waals surface area contributed by atoms with E-state index in [0.717, 1.165) is 0 Å². The van der Waals surface area contributed by atoms with Crippen LogP contribution in [0.2, 0.25) is 0 Å². The second-order valence-electron chi connectivity index (χ2n) is 4.49. The molecule has 5 nitrogen and oxygen atoms in total. The van der Waals surface area contributed by atoms with Crippen LogP contribution in [0.1, 0.15) is 10.4 Å². The molecular weight excluding hydrogens is 249 g/mol. The molecule has 1 aromatic heterocycles. The highest BCUT2D eigenvalue weighted by molar-refractivity contribution is 5.95. The number of aromatic nitrogens is 2. The number of nitrogens with zero attached hydrogens (tertiary/aromatic N) is 2. The van der Waals surface area contributed by atoms with E-state index in [2.05, 4.69) is 4.98 Å². The van der Waals surface area contributed by atoms with Gasteiger partial charge in [0.05, 0.1) is 18.8 Å². The van der Waals surface area contributed by atoms with Crippen molar-refractivity contribution in [2.75, 3.05) is 13.1 Å². The summed E-state index contributed by atoms with van der Waals surface area (Å²) >= 11 is 0. The molecule has 2 aromatic rings. The van der Waals surface area contributed by atoms with Gasteiger partial charge in [-0.05, 0) is 18.2 Å². The van der Waals surface area contributed by atoms with Gasteiger partial charge in [-0.15, -0.1) is 0 Å². The van der Waals surface area contributed by atoms with Crippen LogP contribution < -0.4 is 5.69 Å². The molecule has 0 saturated carbocycles. The van der Waals surface area contributed by atoms with Gasteiger partial charge in [0, 0.05) is 18.0 Å². The van der Waals surface area contributed by atoms with Gasteiger partial charge in [-0.25, -0.2) is 9.18 Å². The van der Waals surface area contributed by atoms with Crippen LogP contribution in [0.5, 0.6) is 0 Å². The molecule has 0 unspecified atom stereocenters. The highest BCUT2D eigenvalue weighted by Gasteiger charge is 2.30. The predicted octanol–water partition coefficient (Wildman–Crippen LogP) is 0.960. The maximum Gasteiger partial charge on any atom is 0.330 e. The number of hydrogen-bond donors (Lipinski definition) is 1. The lowest BCUT2D eigenvalue weighted by molar-refractivity contribution is 0.0400. The van der Waals surface area contributed by atoms with Crippen LogP contribution in [0.4, 0.5) is 4.39 Å². The number of rotatable bonds is 2. The fraction of sp³-hybridized carbons (Fsp3) is 0.231. The molecule has 0 radical (unpaired) electrons. The molecule has 1 aliphatic rings. The van der Waals surface area contributed by atoms with E-state index in [-0.39, 0.29) is 24.7 Å². The summed E-state index contributed by atoms with van der Waals surface area (Å²) in [6.45, 7) is 0.292. The van der Waals surface area contributed by atoms with Crippen molar-refractivity contribution < 1.29 is 9.18 Å². The number of alkyl halides is 1. The Morgan fingerprint density at radius 2 is 2.16 bits per heavy atom. The van der Waals surface area contributed by atoms with Crippen molar-refractivity contribution in [3.63, 3.8) is 0 Å². The first kappa shape index (κ1) is 11.7. The lowest BCUT2D eigenvalue weighted by Crippen LogP contribution is -2.51. The minimum atomic E-state index is -0.917. The van der Waals surface area contributed by atoms with Gasteiger partial charge in [0.2, 0.25) is 0 Å². The lowest BCUT2D eigenvalue weighted by atomic mass is 10.1. The van der Waals surface area contributed by atoms with Crippen LogP contribution in [0.3, 0.4) is 0 Å². The molecule has 1 aliphatic heterocycles. The second-order valence-corrected chi connectivity index (χ2v) is 4.49. The van der Waals surface area contributed by atoms with E-state index in [0.29, 0.717) is 11.3 Å². The highest BCUT2D eigenvalue weighted by Crippen LogP contribution is 2.17. The first-order chi connectivity index (χ1) is 9.15. The molecule has 3 rings (SSSR count). The molecule has 98 valence electrons. The number of aromatic amines is 1. The summed E-state index contributed by atoms with van der Waals surface area (Å²) in [5.74, 6) is -0.209. The molecule has 1 N–H and O–H groups in total. The average Bonchev–Trinajstić information content (AvgIpc) is 2.81. The number of benzene rings is 1. The van der Waals surface area contributed by atoms with E-state index in [4.69, 9.17) is 0 Å². The molecule has 6 heteroatoms. The fourth-order valence-corrected chi connectivity index (χ4v) is 2.09. The van der Waals surface area contributed by atoms with Crippen LogP contribution in [0.25, 0.3) is 5.69 Å². The summed E-state index contributed by atoms with van der Waals surface area (Å²) in [6.07, 6.45) is 2.20. The second kappa shape index (κ2) is 4.38. The van der Waals surface area contributed by atoms with Gasteiger partial charge in [0.1, 0.15) is 6.17 Å². The Balaban J connectivity index is 1.90. The Kier molecular flexibility index (Phi) is 2.70. The van der Waals surface area contributed by atoms with E-state index in [1.807, 2.05) is 0 Å². The quantitative estimate of drug-likeness (QED) is 0.875. The number of H-pyrrole nitrogens is 1. The Labute approximate surface area is 108 Å². The summed E-state index contributed by atoms with van der Waals surface area (Å²) in [4.78, 5) is 27.5. The predicted molar refractivity (Wildman–Crippen MR) is 67.2 cm³/mol. The molecule has 0 bridgehead atoms. The first-order valence-electron chi connectivity index (χ1n) is 5.95. The van der Waals surface area contributed by atoms with Gasteiger partial charge in [0.25, 0.3) is 5.91 Å². The Bertz CT molecular complexity index is 670. The fourth-order valence-electron chi connectivity index (χ4n) is 2.09. The summed E-state index contributed by atoms with van der Waals surface area (Å²) < 4.78 is 14.2. The Hall–Kier alpha value is -2.37. The van der Waals surface area contributed by atoms with Crippen LogP contribution in [-0.2, 0) is 0 Å². The molecule has 0 spiro atoms. The number of carbonyl (C=O) groups is 1. The van der Waals surface area contributed by atoms with E-state index in [1.54, 1.807) is 30.5 Å². The van der Waals surface area contributed by atoms with Crippen molar-refractivity contribution >= 4 is 5.91 Å². The largest absolute Gasteiger partial charge is 0.333 e. The van der Waals surface area contributed by atoms with E-state index in [9.17, 15) is 14.0 Å². The first-order valence-corrected chi connectivity index (χ1v) is 5.95. The Morgan fingerprint density at radius 3 is 2.79 bits per heavy atom. The SMILES string of the molecule is O=C(c1cccc(-n2cc[nH]c2=O)c1)N1CC(F)C1. The molecule has 2 heterocycles. The van der Waals surface area contributed by atoms with Crippen LogP contribution in [0.15, 0.2) is 41.5 Å². The summed E-state index contributed by atoms with van der Waals surface area (Å²) in [5.41, 5.74) is 0.796. The molecule has 1 fully saturated rings. The van der Waals surface area contributed by atoms with E-state index >= 15 is 0 Å². The van der Waals surface area contributed by atoms with E-state index < -0.39 is 6.17 Å². The third kappa shape index (κ3) is 2.05. The van der Waals surface area contributed by atoms with Crippen LogP contribution >= 0.6 is 0 Å². The minimum absolute atomic E-state index is 0.146. The molecular formula is C13H12FN3O2. The van der Waals surface area contributed by atoms with Gasteiger partial charge < -0.3 is 9.88 Å². The zero-order chi connectivity index (χ0) is 13.4. The van der Waals surface area contributed by atoms with Gasteiger partial charge >= 0.3 is 5.69 Å². The van der Waals surface area contributed by atoms with Gasteiger partial charge in [0.15, 0.2) is 0 Å². The van der Waals surface area contributed by atoms with Crippen molar-refractivity contribution in [2.45, 2.75) is 6.17 Å². The van der Waals surface area contributed by atoms with Crippen LogP contribution in [-0.4, -0.2) is 39.6 Å². The highest BCUT2D eigenvalue weighted by atomic mass is 19.1. The number of imidazole rings is 1. The normalized spacial score (nSPS) is 15.3. The molecule has 19 heavy (non-hydrogen) atoms. The number of nitrogens with one attached hydrogen (secondary N) is 1. The summed E-state index contributed by atoms with van der Waals surface area (Å²) in [5, 5.41) is 0. The molecule has 1 saturated heterocycles. The molecule has 0 atom stereocenters. The van der Waals surface area contributed by atoms with Gasteiger partial charge in [-0.3, -0.25) is 9.36 Å². The topological polar surface area (TPSA) is 58.1 Å². The summed E-state index contributed by atoms with van der Waals surface area (Å²) in [7, 11) is 0. The van der Waals surface area contributed by atoms with Gasteiger partial charge in [-0.2, -0.15) is 0 Å². The molecule has 1 aromatic carbocycles. The third-order valence-corrected chi connectivity index (χ3v) is 3.14. The summed E-state index contributed by atoms with van der Waals surface area (Å²) in [6, 6.07) is 6.73. The maximum atomic E-state index is 12.8. The average molecular weight is 261 g/mol. The number of carbonyl (C=O) groups excluding carboxylic acids is 1.